The van der Waals surface area contributed by atoms with E-state index in [0.29, 0.717) is 11.1 Å². The molecule has 0 saturated carbocycles. The maximum atomic E-state index is 13.8. The summed E-state index contributed by atoms with van der Waals surface area (Å²) in [6.45, 7) is 6.54. The van der Waals surface area contributed by atoms with Crippen molar-refractivity contribution in [3.05, 3.63) is 51.0 Å². The fraction of sp³-hybridized carbons (Fsp3) is 0.375. The smallest absolute Gasteiger partial charge is 0.129 e. The summed E-state index contributed by atoms with van der Waals surface area (Å²) in [5.74, 6) is 0.746. The van der Waals surface area contributed by atoms with Crippen molar-refractivity contribution >= 4 is 11.3 Å². The minimum Gasteiger partial charge on any atom is -0.496 e. The van der Waals surface area contributed by atoms with Crippen molar-refractivity contribution in [2.75, 3.05) is 13.7 Å². The molecule has 2 aromatic rings. The lowest BCUT2D eigenvalue weighted by Gasteiger charge is -2.18. The largest absolute Gasteiger partial charge is 0.496 e. The standard InChI is InChI=1S/C16H20FNOS/c1-5-18-16(14-8-13(19-4)9-20-14)12-6-10(2)15(17)11(3)7-12/h6-9,16,18H,5H2,1-4H3. The van der Waals surface area contributed by atoms with Crippen molar-refractivity contribution in [3.8, 4) is 5.75 Å². The molecule has 1 heterocycles. The van der Waals surface area contributed by atoms with Crippen LogP contribution in [0, 0.1) is 19.7 Å². The van der Waals surface area contributed by atoms with Gasteiger partial charge >= 0.3 is 0 Å². The summed E-state index contributed by atoms with van der Waals surface area (Å²) in [5.41, 5.74) is 2.46. The predicted octanol–water partition coefficient (Wildman–Crippen LogP) is 4.21. The Morgan fingerprint density at radius 2 is 1.90 bits per heavy atom. The zero-order valence-corrected chi connectivity index (χ0v) is 13.1. The Labute approximate surface area is 123 Å². The maximum Gasteiger partial charge on any atom is 0.129 e. The normalized spacial score (nSPS) is 12.4. The van der Waals surface area contributed by atoms with Gasteiger partial charge in [0, 0.05) is 10.3 Å². The molecular weight excluding hydrogens is 273 g/mol. The van der Waals surface area contributed by atoms with Gasteiger partial charge in [-0.25, -0.2) is 4.39 Å². The Kier molecular flexibility index (Phi) is 4.78. The van der Waals surface area contributed by atoms with Crippen LogP contribution in [0.3, 0.4) is 0 Å². The molecule has 0 radical (unpaired) electrons. The Bertz CT molecular complexity index is 571. The third kappa shape index (κ3) is 3.02. The van der Waals surface area contributed by atoms with Crippen molar-refractivity contribution in [1.29, 1.82) is 0 Å². The highest BCUT2D eigenvalue weighted by Gasteiger charge is 2.17. The number of thiophene rings is 1. The van der Waals surface area contributed by atoms with Gasteiger partial charge in [0.25, 0.3) is 0 Å². The number of halogens is 1. The first-order chi connectivity index (χ1) is 9.56. The van der Waals surface area contributed by atoms with Crippen molar-refractivity contribution in [3.63, 3.8) is 0 Å². The van der Waals surface area contributed by atoms with Gasteiger partial charge in [0.15, 0.2) is 0 Å². The summed E-state index contributed by atoms with van der Waals surface area (Å²) in [5, 5.41) is 5.45. The van der Waals surface area contributed by atoms with Gasteiger partial charge in [0.05, 0.1) is 13.2 Å². The first kappa shape index (κ1) is 15.0. The Hall–Kier alpha value is -1.39. The van der Waals surface area contributed by atoms with Crippen LogP contribution in [0.15, 0.2) is 23.6 Å². The zero-order valence-electron chi connectivity index (χ0n) is 12.3. The molecule has 1 atom stereocenters. The lowest BCUT2D eigenvalue weighted by atomic mass is 9.99. The fourth-order valence-electron chi connectivity index (χ4n) is 2.33. The minimum atomic E-state index is -0.118. The van der Waals surface area contributed by atoms with Crippen LogP contribution in [0.25, 0.3) is 0 Å². The van der Waals surface area contributed by atoms with Crippen LogP contribution in [0.5, 0.6) is 5.75 Å². The third-order valence-electron chi connectivity index (χ3n) is 3.32. The topological polar surface area (TPSA) is 21.3 Å². The summed E-state index contributed by atoms with van der Waals surface area (Å²) in [6.07, 6.45) is 0. The van der Waals surface area contributed by atoms with E-state index in [2.05, 4.69) is 12.2 Å². The monoisotopic (exact) mass is 293 g/mol. The quantitative estimate of drug-likeness (QED) is 0.891. The molecule has 4 heteroatoms. The zero-order chi connectivity index (χ0) is 14.7. The first-order valence-electron chi connectivity index (χ1n) is 6.69. The molecule has 0 aliphatic heterocycles. The van der Waals surface area contributed by atoms with E-state index in [-0.39, 0.29) is 11.9 Å². The van der Waals surface area contributed by atoms with Crippen molar-refractivity contribution in [1.82, 2.24) is 5.32 Å². The molecule has 20 heavy (non-hydrogen) atoms. The van der Waals surface area contributed by atoms with Crippen LogP contribution >= 0.6 is 11.3 Å². The van der Waals surface area contributed by atoms with E-state index in [1.54, 1.807) is 18.4 Å². The molecule has 0 bridgehead atoms. The molecule has 2 nitrogen and oxygen atoms in total. The molecule has 0 saturated heterocycles. The Morgan fingerprint density at radius 3 is 2.40 bits per heavy atom. The summed E-state index contributed by atoms with van der Waals surface area (Å²) in [4.78, 5) is 1.18. The van der Waals surface area contributed by atoms with E-state index < -0.39 is 0 Å². The van der Waals surface area contributed by atoms with Crippen LogP contribution in [0.1, 0.15) is 34.5 Å². The van der Waals surface area contributed by atoms with Crippen molar-refractivity contribution in [2.45, 2.75) is 26.8 Å². The van der Waals surface area contributed by atoms with Gasteiger partial charge in [-0.05, 0) is 43.1 Å². The summed E-state index contributed by atoms with van der Waals surface area (Å²) in [7, 11) is 1.67. The number of hydrogen-bond acceptors (Lipinski definition) is 3. The number of benzene rings is 1. The lowest BCUT2D eigenvalue weighted by molar-refractivity contribution is 0.416. The molecule has 2 rings (SSSR count). The van der Waals surface area contributed by atoms with Crippen LogP contribution in [-0.4, -0.2) is 13.7 Å². The predicted molar refractivity (Wildman–Crippen MR) is 82.3 cm³/mol. The molecular formula is C16H20FNOS. The lowest BCUT2D eigenvalue weighted by Crippen LogP contribution is -2.21. The molecule has 1 aromatic heterocycles. The van der Waals surface area contributed by atoms with Crippen LogP contribution in [0.4, 0.5) is 4.39 Å². The average molecular weight is 293 g/mol. The highest BCUT2D eigenvalue weighted by molar-refractivity contribution is 7.10. The van der Waals surface area contributed by atoms with Gasteiger partial charge in [-0.3, -0.25) is 0 Å². The molecule has 0 aliphatic carbocycles. The number of rotatable bonds is 5. The highest BCUT2D eigenvalue weighted by atomic mass is 32.1. The summed E-state index contributed by atoms with van der Waals surface area (Å²) >= 11 is 1.65. The number of ether oxygens (including phenoxy) is 1. The van der Waals surface area contributed by atoms with Crippen LogP contribution in [-0.2, 0) is 0 Å². The van der Waals surface area contributed by atoms with Gasteiger partial charge in [-0.15, -0.1) is 11.3 Å². The maximum absolute atomic E-state index is 13.8. The third-order valence-corrected chi connectivity index (χ3v) is 4.29. The highest BCUT2D eigenvalue weighted by Crippen LogP contribution is 2.32. The van der Waals surface area contributed by atoms with Gasteiger partial charge in [-0.1, -0.05) is 19.1 Å². The summed E-state index contributed by atoms with van der Waals surface area (Å²) < 4.78 is 19.0. The molecule has 1 unspecified atom stereocenters. The van der Waals surface area contributed by atoms with E-state index in [9.17, 15) is 4.39 Å². The molecule has 108 valence electrons. The van der Waals surface area contributed by atoms with Gasteiger partial charge in [0.2, 0.25) is 0 Å². The molecule has 0 spiro atoms. The first-order valence-corrected chi connectivity index (χ1v) is 7.57. The molecule has 0 aliphatic rings. The number of hydrogen-bond donors (Lipinski definition) is 1. The molecule has 0 fully saturated rings. The van der Waals surface area contributed by atoms with E-state index in [1.165, 1.54) is 4.88 Å². The van der Waals surface area contributed by atoms with Gasteiger partial charge < -0.3 is 10.1 Å². The molecule has 1 aromatic carbocycles. The average Bonchev–Trinajstić information content (AvgIpc) is 2.90. The van der Waals surface area contributed by atoms with E-state index in [1.807, 2.05) is 37.4 Å². The van der Waals surface area contributed by atoms with Crippen LogP contribution < -0.4 is 10.1 Å². The SMILES string of the molecule is CCNC(c1cc(C)c(F)c(C)c1)c1cc(OC)cs1. The van der Waals surface area contributed by atoms with Gasteiger partial charge in [-0.2, -0.15) is 0 Å². The van der Waals surface area contributed by atoms with Gasteiger partial charge in [0.1, 0.15) is 11.6 Å². The van der Waals surface area contributed by atoms with Crippen molar-refractivity contribution in [2.24, 2.45) is 0 Å². The van der Waals surface area contributed by atoms with Crippen LogP contribution in [0.2, 0.25) is 0 Å². The minimum absolute atomic E-state index is 0.0758. The Morgan fingerprint density at radius 1 is 1.25 bits per heavy atom. The Balaban J connectivity index is 2.42. The summed E-state index contributed by atoms with van der Waals surface area (Å²) in [6, 6.07) is 5.95. The van der Waals surface area contributed by atoms with E-state index in [0.717, 1.165) is 17.9 Å². The second-order valence-corrected chi connectivity index (χ2v) is 5.79. The van der Waals surface area contributed by atoms with E-state index >= 15 is 0 Å². The van der Waals surface area contributed by atoms with Crippen molar-refractivity contribution < 1.29 is 9.13 Å². The number of nitrogens with one attached hydrogen (secondary N) is 1. The van der Waals surface area contributed by atoms with E-state index in [4.69, 9.17) is 4.74 Å². The second kappa shape index (κ2) is 6.37. The number of aryl methyl sites for hydroxylation is 2. The molecule has 1 N–H and O–H groups in total. The molecule has 0 amide bonds. The number of methoxy groups -OCH3 is 1. The fourth-order valence-corrected chi connectivity index (χ4v) is 3.28. The second-order valence-electron chi connectivity index (χ2n) is 4.85.